The first-order valence-electron chi connectivity index (χ1n) is 17.0. The Morgan fingerprint density at radius 1 is 0.551 bits per heavy atom. The monoisotopic (exact) mass is 633 g/mol. The van der Waals surface area contributed by atoms with Gasteiger partial charge in [-0.1, -0.05) is 123 Å². The maximum atomic E-state index is 13.4. The van der Waals surface area contributed by atoms with Crippen LogP contribution in [0.1, 0.15) is 42.3 Å². The molecule has 1 aliphatic carbocycles. The van der Waals surface area contributed by atoms with E-state index in [0.717, 1.165) is 33.4 Å². The summed E-state index contributed by atoms with van der Waals surface area (Å²) in [6, 6.07) is 52.2. The molecule has 0 aromatic heterocycles. The lowest BCUT2D eigenvalue weighted by Gasteiger charge is -2.30. The average molecular weight is 634 g/mol. The highest BCUT2D eigenvalue weighted by molar-refractivity contribution is 6.18. The molecule has 0 spiro atoms. The summed E-state index contributed by atoms with van der Waals surface area (Å²) in [7, 11) is 0. The van der Waals surface area contributed by atoms with Crippen molar-refractivity contribution in [2.75, 3.05) is 11.5 Å². The van der Waals surface area contributed by atoms with E-state index in [9.17, 15) is 4.79 Å². The van der Waals surface area contributed by atoms with Gasteiger partial charge in [0, 0.05) is 22.2 Å². The molecular formula is C46H35NO2. The predicted octanol–water partition coefficient (Wildman–Crippen LogP) is 12.3. The molecule has 0 bridgehead atoms. The van der Waals surface area contributed by atoms with E-state index in [1.54, 1.807) is 0 Å². The molecule has 8 aromatic carbocycles. The topological polar surface area (TPSA) is 29.5 Å². The number of esters is 1. The third-order valence-corrected chi connectivity index (χ3v) is 10.4. The fourth-order valence-electron chi connectivity index (χ4n) is 8.02. The van der Waals surface area contributed by atoms with E-state index < -0.39 is 0 Å². The third-order valence-electron chi connectivity index (χ3n) is 10.4. The zero-order valence-corrected chi connectivity index (χ0v) is 27.8. The SMILES string of the molecule is CCOC(=O)c1cc2c(c3ccccc13)-c1c(cc(N(c3ccc4ccccc4c3)c3ccc4ccccc4c3)c3ccccc13)C2(C)C. The van der Waals surface area contributed by atoms with Crippen LogP contribution in [-0.2, 0) is 10.2 Å². The number of fused-ring (bicyclic) bond motifs is 9. The summed E-state index contributed by atoms with van der Waals surface area (Å²) in [4.78, 5) is 15.8. The van der Waals surface area contributed by atoms with Gasteiger partial charge in [0.2, 0.25) is 0 Å². The van der Waals surface area contributed by atoms with Gasteiger partial charge in [0.1, 0.15) is 0 Å². The normalized spacial score (nSPS) is 13.1. The van der Waals surface area contributed by atoms with E-state index in [0.29, 0.717) is 12.2 Å². The first-order valence-corrected chi connectivity index (χ1v) is 17.0. The van der Waals surface area contributed by atoms with Crippen molar-refractivity contribution in [3.8, 4) is 11.1 Å². The van der Waals surface area contributed by atoms with Crippen LogP contribution in [0.25, 0.3) is 54.2 Å². The lowest BCUT2D eigenvalue weighted by molar-refractivity contribution is 0.0528. The fourth-order valence-corrected chi connectivity index (χ4v) is 8.02. The van der Waals surface area contributed by atoms with E-state index >= 15 is 0 Å². The van der Waals surface area contributed by atoms with Crippen LogP contribution in [0.2, 0.25) is 0 Å². The zero-order chi connectivity index (χ0) is 33.3. The molecule has 0 saturated carbocycles. The van der Waals surface area contributed by atoms with Gasteiger partial charge in [-0.3, -0.25) is 0 Å². The van der Waals surface area contributed by atoms with Gasteiger partial charge in [-0.05, 0) is 103 Å². The van der Waals surface area contributed by atoms with Crippen LogP contribution in [0.4, 0.5) is 17.1 Å². The molecule has 0 aliphatic heterocycles. The summed E-state index contributed by atoms with van der Waals surface area (Å²) < 4.78 is 5.58. The number of hydrogen-bond donors (Lipinski definition) is 0. The first kappa shape index (κ1) is 29.2. The van der Waals surface area contributed by atoms with Crippen LogP contribution in [0, 0.1) is 0 Å². The second-order valence-corrected chi connectivity index (χ2v) is 13.5. The molecule has 1 aliphatic rings. The molecule has 9 rings (SSSR count). The predicted molar refractivity (Wildman–Crippen MR) is 205 cm³/mol. The summed E-state index contributed by atoms with van der Waals surface area (Å²) >= 11 is 0. The highest BCUT2D eigenvalue weighted by Gasteiger charge is 2.40. The van der Waals surface area contributed by atoms with E-state index in [4.69, 9.17) is 4.74 Å². The van der Waals surface area contributed by atoms with Crippen molar-refractivity contribution in [1.82, 2.24) is 0 Å². The Kier molecular flexibility index (Phi) is 6.60. The first-order chi connectivity index (χ1) is 23.9. The van der Waals surface area contributed by atoms with Crippen LogP contribution >= 0.6 is 0 Å². The molecular weight excluding hydrogens is 599 g/mol. The highest BCUT2D eigenvalue weighted by Crippen LogP contribution is 2.57. The molecule has 0 heterocycles. The molecule has 3 heteroatoms. The molecule has 0 N–H and O–H groups in total. The van der Waals surface area contributed by atoms with Gasteiger partial charge < -0.3 is 9.64 Å². The Labute approximate surface area is 286 Å². The summed E-state index contributed by atoms with van der Waals surface area (Å²) in [6.07, 6.45) is 0. The van der Waals surface area contributed by atoms with Gasteiger partial charge in [0.25, 0.3) is 0 Å². The smallest absolute Gasteiger partial charge is 0.338 e. The molecule has 8 aromatic rings. The van der Waals surface area contributed by atoms with Crippen molar-refractivity contribution >= 4 is 66.1 Å². The van der Waals surface area contributed by atoms with Crippen molar-refractivity contribution < 1.29 is 9.53 Å². The van der Waals surface area contributed by atoms with Crippen LogP contribution in [0.3, 0.4) is 0 Å². The van der Waals surface area contributed by atoms with Crippen molar-refractivity contribution in [3.63, 3.8) is 0 Å². The Bertz CT molecular complexity index is 2550. The van der Waals surface area contributed by atoms with E-state index in [2.05, 4.69) is 152 Å². The maximum absolute atomic E-state index is 13.4. The average Bonchev–Trinajstić information content (AvgIpc) is 3.37. The van der Waals surface area contributed by atoms with Gasteiger partial charge in [-0.15, -0.1) is 0 Å². The van der Waals surface area contributed by atoms with Gasteiger partial charge >= 0.3 is 5.97 Å². The maximum Gasteiger partial charge on any atom is 0.338 e. The molecule has 0 unspecified atom stereocenters. The second-order valence-electron chi connectivity index (χ2n) is 13.5. The van der Waals surface area contributed by atoms with Crippen LogP contribution in [0.5, 0.6) is 0 Å². The minimum atomic E-state index is -0.382. The summed E-state index contributed by atoms with van der Waals surface area (Å²) in [6.45, 7) is 6.77. The van der Waals surface area contributed by atoms with Crippen LogP contribution < -0.4 is 4.90 Å². The zero-order valence-electron chi connectivity index (χ0n) is 27.8. The highest BCUT2D eigenvalue weighted by atomic mass is 16.5. The number of carbonyl (C=O) groups is 1. The second kappa shape index (κ2) is 11.1. The molecule has 3 nitrogen and oxygen atoms in total. The van der Waals surface area contributed by atoms with Crippen molar-refractivity contribution in [1.29, 1.82) is 0 Å². The number of benzene rings is 8. The Balaban J connectivity index is 1.36. The van der Waals surface area contributed by atoms with Gasteiger partial charge in [0.05, 0.1) is 17.9 Å². The lowest BCUT2D eigenvalue weighted by Crippen LogP contribution is -2.18. The van der Waals surface area contributed by atoms with E-state index in [1.165, 1.54) is 49.0 Å². The molecule has 0 radical (unpaired) electrons. The van der Waals surface area contributed by atoms with Crippen LogP contribution in [-0.4, -0.2) is 12.6 Å². The number of anilines is 3. The lowest BCUT2D eigenvalue weighted by atomic mass is 9.80. The number of carbonyl (C=O) groups excluding carboxylic acids is 1. The molecule has 236 valence electrons. The quantitative estimate of drug-likeness (QED) is 0.177. The number of nitrogens with zero attached hydrogens (tertiary/aromatic N) is 1. The Hall–Kier alpha value is -5.93. The summed E-state index contributed by atoms with van der Waals surface area (Å²) in [5, 5.41) is 9.18. The van der Waals surface area contributed by atoms with E-state index in [1.807, 2.05) is 19.1 Å². The van der Waals surface area contributed by atoms with Crippen molar-refractivity contribution in [3.05, 3.63) is 162 Å². The largest absolute Gasteiger partial charge is 0.462 e. The van der Waals surface area contributed by atoms with Gasteiger partial charge in [0.15, 0.2) is 0 Å². The number of hydrogen-bond acceptors (Lipinski definition) is 3. The van der Waals surface area contributed by atoms with Gasteiger partial charge in [-0.2, -0.15) is 0 Å². The van der Waals surface area contributed by atoms with Gasteiger partial charge in [-0.25, -0.2) is 4.79 Å². The minimum Gasteiger partial charge on any atom is -0.462 e. The standard InChI is InChI=1S/C46H35NO2/c1-4-49-45(48)39-27-40-43(37-19-11-9-17-35(37)39)44-38-20-12-10-18-36(38)42(28-41(44)46(40,2)3)47(33-23-21-29-13-5-7-15-31(29)25-33)34-24-22-30-14-6-8-16-32(30)26-34/h5-28H,4H2,1-3H3. The van der Waals surface area contributed by atoms with E-state index in [-0.39, 0.29) is 11.4 Å². The molecule has 0 amide bonds. The van der Waals surface area contributed by atoms with Crippen molar-refractivity contribution in [2.24, 2.45) is 0 Å². The third kappa shape index (κ3) is 4.46. The molecule has 0 saturated heterocycles. The molecule has 0 atom stereocenters. The minimum absolute atomic E-state index is 0.280. The molecule has 0 fully saturated rings. The number of ether oxygens (including phenoxy) is 1. The van der Waals surface area contributed by atoms with Crippen molar-refractivity contribution in [2.45, 2.75) is 26.2 Å². The number of rotatable bonds is 5. The summed E-state index contributed by atoms with van der Waals surface area (Å²) in [5.41, 5.74) is 8.39. The Morgan fingerprint density at radius 3 is 1.59 bits per heavy atom. The summed E-state index contributed by atoms with van der Waals surface area (Å²) in [5.74, 6) is -0.280. The molecule has 49 heavy (non-hydrogen) atoms. The van der Waals surface area contributed by atoms with Crippen LogP contribution in [0.15, 0.2) is 146 Å². The fraction of sp³-hybridized carbons (Fsp3) is 0.109. The Morgan fingerprint density at radius 2 is 1.02 bits per heavy atom.